The Morgan fingerprint density at radius 1 is 1.37 bits per heavy atom. The van der Waals surface area contributed by atoms with Crippen LogP contribution in [0.4, 0.5) is 0 Å². The summed E-state index contributed by atoms with van der Waals surface area (Å²) in [7, 11) is 0. The predicted octanol–water partition coefficient (Wildman–Crippen LogP) is 2.44. The van der Waals surface area contributed by atoms with Gasteiger partial charge in [0.1, 0.15) is 0 Å². The monoisotopic (exact) mass is 325 g/mol. The van der Waals surface area contributed by atoms with Gasteiger partial charge in [-0.1, -0.05) is 22.0 Å². The lowest BCUT2D eigenvalue weighted by Crippen LogP contribution is -2.48. The van der Waals surface area contributed by atoms with Gasteiger partial charge in [-0.2, -0.15) is 0 Å². The van der Waals surface area contributed by atoms with Gasteiger partial charge in [0.05, 0.1) is 0 Å². The highest BCUT2D eigenvalue weighted by atomic mass is 79.9. The number of halogens is 1. The van der Waals surface area contributed by atoms with Gasteiger partial charge in [-0.05, 0) is 43.5 Å². The van der Waals surface area contributed by atoms with Gasteiger partial charge in [0.2, 0.25) is 0 Å². The van der Waals surface area contributed by atoms with Crippen molar-refractivity contribution in [1.82, 2.24) is 10.2 Å². The Kier molecular flexibility index (Phi) is 5.39. The molecule has 1 aromatic rings. The Balaban J connectivity index is 1.99. The molecule has 0 aliphatic carbocycles. The number of nitrogens with zero attached hydrogens (tertiary/aromatic N) is 1. The van der Waals surface area contributed by atoms with Gasteiger partial charge in [-0.15, -0.1) is 0 Å². The maximum atomic E-state index is 6.41. The third-order valence-corrected chi connectivity index (χ3v) is 4.50. The molecule has 3 N–H and O–H groups in total. The largest absolute Gasteiger partial charge is 0.324 e. The normalized spacial score (nSPS) is 20.2. The van der Waals surface area contributed by atoms with E-state index in [1.165, 1.54) is 11.1 Å². The number of hydrogen-bond acceptors (Lipinski definition) is 3. The van der Waals surface area contributed by atoms with E-state index in [1.807, 2.05) is 0 Å². The zero-order valence-corrected chi connectivity index (χ0v) is 13.4. The molecule has 1 heterocycles. The molecule has 1 fully saturated rings. The van der Waals surface area contributed by atoms with Crippen molar-refractivity contribution in [2.75, 3.05) is 26.2 Å². The summed E-state index contributed by atoms with van der Waals surface area (Å²) in [5, 5.41) is 3.39. The number of benzene rings is 1. The number of hydrogen-bond donors (Lipinski definition) is 2. The minimum absolute atomic E-state index is 0.113. The standard InChI is InChI=1S/C15H24BrN3/c1-11-3-4-13(16)10-14(11)15(17)9-12(2)19-7-5-18-6-8-19/h3-4,10,12,15,18H,5-9,17H2,1-2H3. The van der Waals surface area contributed by atoms with Crippen LogP contribution in [-0.4, -0.2) is 37.1 Å². The number of nitrogens with two attached hydrogens (primary N) is 1. The van der Waals surface area contributed by atoms with Crippen LogP contribution in [0.2, 0.25) is 0 Å². The van der Waals surface area contributed by atoms with E-state index in [9.17, 15) is 0 Å². The summed E-state index contributed by atoms with van der Waals surface area (Å²) in [6.45, 7) is 8.87. The summed E-state index contributed by atoms with van der Waals surface area (Å²) in [5.74, 6) is 0. The topological polar surface area (TPSA) is 41.3 Å². The van der Waals surface area contributed by atoms with Crippen LogP contribution in [0.1, 0.15) is 30.5 Å². The van der Waals surface area contributed by atoms with Crippen LogP contribution in [0.5, 0.6) is 0 Å². The first-order valence-electron chi connectivity index (χ1n) is 7.04. The van der Waals surface area contributed by atoms with Gasteiger partial charge < -0.3 is 11.1 Å². The van der Waals surface area contributed by atoms with E-state index in [4.69, 9.17) is 5.73 Å². The molecule has 1 aliphatic heterocycles. The molecular weight excluding hydrogens is 302 g/mol. The SMILES string of the molecule is Cc1ccc(Br)cc1C(N)CC(C)N1CCNCC1. The molecular formula is C15H24BrN3. The van der Waals surface area contributed by atoms with E-state index >= 15 is 0 Å². The lowest BCUT2D eigenvalue weighted by molar-refractivity contribution is 0.170. The Labute approximate surface area is 124 Å². The molecule has 1 aromatic carbocycles. The molecule has 3 nitrogen and oxygen atoms in total. The molecule has 2 atom stereocenters. The van der Waals surface area contributed by atoms with Crippen LogP contribution >= 0.6 is 15.9 Å². The Bertz CT molecular complexity index is 416. The zero-order chi connectivity index (χ0) is 13.8. The van der Waals surface area contributed by atoms with E-state index in [0.717, 1.165) is 37.1 Å². The van der Waals surface area contributed by atoms with Crippen LogP contribution in [0.25, 0.3) is 0 Å². The van der Waals surface area contributed by atoms with E-state index in [0.29, 0.717) is 6.04 Å². The predicted molar refractivity (Wildman–Crippen MR) is 84.3 cm³/mol. The van der Waals surface area contributed by atoms with Crippen LogP contribution in [0.15, 0.2) is 22.7 Å². The first kappa shape index (κ1) is 15.0. The van der Waals surface area contributed by atoms with Gasteiger partial charge in [0, 0.05) is 42.7 Å². The fourth-order valence-electron chi connectivity index (χ4n) is 2.78. The number of nitrogens with one attached hydrogen (secondary N) is 1. The lowest BCUT2D eigenvalue weighted by Gasteiger charge is -2.34. The Morgan fingerprint density at radius 2 is 2.05 bits per heavy atom. The minimum Gasteiger partial charge on any atom is -0.324 e. The minimum atomic E-state index is 0.113. The summed E-state index contributed by atoms with van der Waals surface area (Å²) in [6.07, 6.45) is 1.01. The van der Waals surface area contributed by atoms with Crippen LogP contribution < -0.4 is 11.1 Å². The fourth-order valence-corrected chi connectivity index (χ4v) is 3.16. The second kappa shape index (κ2) is 6.84. The van der Waals surface area contributed by atoms with Gasteiger partial charge in [-0.3, -0.25) is 4.90 Å². The summed E-state index contributed by atoms with van der Waals surface area (Å²) >= 11 is 3.53. The maximum Gasteiger partial charge on any atom is 0.0312 e. The van der Waals surface area contributed by atoms with Crippen molar-refractivity contribution in [2.45, 2.75) is 32.4 Å². The summed E-state index contributed by atoms with van der Waals surface area (Å²) in [4.78, 5) is 2.53. The molecule has 4 heteroatoms. The fraction of sp³-hybridized carbons (Fsp3) is 0.600. The Hall–Kier alpha value is -0.420. The third kappa shape index (κ3) is 4.02. The summed E-state index contributed by atoms with van der Waals surface area (Å²) in [6, 6.07) is 7.02. The quantitative estimate of drug-likeness (QED) is 0.893. The van der Waals surface area contributed by atoms with Crippen molar-refractivity contribution in [3.63, 3.8) is 0 Å². The Morgan fingerprint density at radius 3 is 2.74 bits per heavy atom. The van der Waals surface area contributed by atoms with Gasteiger partial charge in [-0.25, -0.2) is 0 Å². The van der Waals surface area contributed by atoms with Gasteiger partial charge in [0.25, 0.3) is 0 Å². The van der Waals surface area contributed by atoms with E-state index in [2.05, 4.69) is 58.2 Å². The van der Waals surface area contributed by atoms with E-state index in [1.54, 1.807) is 0 Å². The van der Waals surface area contributed by atoms with Crippen molar-refractivity contribution in [3.8, 4) is 0 Å². The molecule has 1 aliphatic rings. The molecule has 0 aromatic heterocycles. The average molecular weight is 326 g/mol. The number of piperazine rings is 1. The van der Waals surface area contributed by atoms with Crippen molar-refractivity contribution < 1.29 is 0 Å². The molecule has 0 amide bonds. The van der Waals surface area contributed by atoms with Crippen molar-refractivity contribution >= 4 is 15.9 Å². The molecule has 1 saturated heterocycles. The molecule has 2 unspecified atom stereocenters. The van der Waals surface area contributed by atoms with Crippen LogP contribution in [0.3, 0.4) is 0 Å². The highest BCUT2D eigenvalue weighted by molar-refractivity contribution is 9.10. The molecule has 2 rings (SSSR count). The number of rotatable bonds is 4. The van der Waals surface area contributed by atoms with Crippen molar-refractivity contribution in [1.29, 1.82) is 0 Å². The molecule has 0 spiro atoms. The molecule has 0 bridgehead atoms. The van der Waals surface area contributed by atoms with E-state index in [-0.39, 0.29) is 6.04 Å². The van der Waals surface area contributed by atoms with E-state index < -0.39 is 0 Å². The number of aryl methyl sites for hydroxylation is 1. The smallest absolute Gasteiger partial charge is 0.0312 e. The average Bonchev–Trinajstić information content (AvgIpc) is 2.42. The summed E-state index contributed by atoms with van der Waals surface area (Å²) in [5.41, 5.74) is 8.95. The maximum absolute atomic E-state index is 6.41. The second-order valence-electron chi connectivity index (χ2n) is 5.48. The van der Waals surface area contributed by atoms with Crippen LogP contribution in [-0.2, 0) is 0 Å². The van der Waals surface area contributed by atoms with Crippen molar-refractivity contribution in [3.05, 3.63) is 33.8 Å². The highest BCUT2D eigenvalue weighted by Gasteiger charge is 2.20. The van der Waals surface area contributed by atoms with Crippen molar-refractivity contribution in [2.24, 2.45) is 5.73 Å². The highest BCUT2D eigenvalue weighted by Crippen LogP contribution is 2.25. The first-order valence-corrected chi connectivity index (χ1v) is 7.83. The van der Waals surface area contributed by atoms with Gasteiger partial charge in [0.15, 0.2) is 0 Å². The molecule has 0 radical (unpaired) electrons. The third-order valence-electron chi connectivity index (χ3n) is 4.01. The molecule has 19 heavy (non-hydrogen) atoms. The summed E-state index contributed by atoms with van der Waals surface area (Å²) < 4.78 is 1.11. The second-order valence-corrected chi connectivity index (χ2v) is 6.39. The zero-order valence-electron chi connectivity index (χ0n) is 11.8. The molecule has 0 saturated carbocycles. The first-order chi connectivity index (χ1) is 9.08. The van der Waals surface area contributed by atoms with Gasteiger partial charge >= 0.3 is 0 Å². The lowest BCUT2D eigenvalue weighted by atomic mass is 9.96. The molecule has 106 valence electrons. The van der Waals surface area contributed by atoms with Crippen LogP contribution in [0, 0.1) is 6.92 Å².